The van der Waals surface area contributed by atoms with Crippen molar-refractivity contribution in [2.24, 2.45) is 0 Å². The first kappa shape index (κ1) is 14.4. The van der Waals surface area contributed by atoms with Gasteiger partial charge in [0.15, 0.2) is 0 Å². The van der Waals surface area contributed by atoms with E-state index in [-0.39, 0.29) is 0 Å². The molecule has 21 heavy (non-hydrogen) atoms. The number of anilines is 1. The van der Waals surface area contributed by atoms with E-state index in [9.17, 15) is 5.26 Å². The lowest BCUT2D eigenvalue weighted by molar-refractivity contribution is 1.13. The minimum atomic E-state index is 0.581. The molecule has 102 valence electrons. The monoisotopic (exact) mass is 273 g/mol. The Labute approximate surface area is 125 Å². The van der Waals surface area contributed by atoms with Crippen molar-refractivity contribution >= 4 is 17.3 Å². The molecule has 0 radical (unpaired) electrons. The molecule has 0 atom stereocenters. The van der Waals surface area contributed by atoms with Crippen LogP contribution in [0.4, 0.5) is 5.69 Å². The van der Waals surface area contributed by atoms with E-state index in [1.54, 1.807) is 24.3 Å². The van der Waals surface area contributed by atoms with Gasteiger partial charge in [-0.3, -0.25) is 0 Å². The van der Waals surface area contributed by atoms with Crippen molar-refractivity contribution < 1.29 is 0 Å². The predicted molar refractivity (Wildman–Crippen MR) is 85.4 cm³/mol. The van der Waals surface area contributed by atoms with Gasteiger partial charge in [0.1, 0.15) is 0 Å². The summed E-state index contributed by atoms with van der Waals surface area (Å²) in [5, 5.41) is 18.1. The first-order valence-corrected chi connectivity index (χ1v) is 6.54. The summed E-state index contributed by atoms with van der Waals surface area (Å²) in [5.41, 5.74) is 4.07. The van der Waals surface area contributed by atoms with Gasteiger partial charge in [0.2, 0.25) is 0 Å². The van der Waals surface area contributed by atoms with Crippen LogP contribution in [0.1, 0.15) is 16.7 Å². The summed E-state index contributed by atoms with van der Waals surface area (Å²) in [7, 11) is 3.98. The minimum Gasteiger partial charge on any atom is -0.378 e. The van der Waals surface area contributed by atoms with E-state index < -0.39 is 0 Å². The Morgan fingerprint density at radius 1 is 0.952 bits per heavy atom. The van der Waals surface area contributed by atoms with Gasteiger partial charge in [0, 0.05) is 19.8 Å². The van der Waals surface area contributed by atoms with Gasteiger partial charge < -0.3 is 4.90 Å². The molecule has 0 aromatic heterocycles. The van der Waals surface area contributed by atoms with Gasteiger partial charge in [0.05, 0.1) is 23.3 Å². The van der Waals surface area contributed by atoms with Gasteiger partial charge in [-0.05, 0) is 41.5 Å². The first-order chi connectivity index (χ1) is 10.1. The van der Waals surface area contributed by atoms with E-state index in [0.717, 1.165) is 16.8 Å². The van der Waals surface area contributed by atoms with E-state index in [2.05, 4.69) is 12.1 Å². The quantitative estimate of drug-likeness (QED) is 0.633. The lowest BCUT2D eigenvalue weighted by Gasteiger charge is -2.11. The van der Waals surface area contributed by atoms with E-state index in [1.165, 1.54) is 0 Å². The van der Waals surface area contributed by atoms with E-state index in [0.29, 0.717) is 11.1 Å². The number of nitrogens with zero attached hydrogens (tertiary/aromatic N) is 3. The third-order valence-electron chi connectivity index (χ3n) is 3.17. The topological polar surface area (TPSA) is 50.8 Å². The fourth-order valence-electron chi connectivity index (χ4n) is 1.94. The second-order valence-electron chi connectivity index (χ2n) is 4.84. The number of rotatable bonds is 3. The first-order valence-electron chi connectivity index (χ1n) is 6.54. The van der Waals surface area contributed by atoms with Crippen molar-refractivity contribution in [3.05, 3.63) is 65.2 Å². The van der Waals surface area contributed by atoms with Crippen LogP contribution in [0.25, 0.3) is 11.6 Å². The van der Waals surface area contributed by atoms with Gasteiger partial charge in [-0.25, -0.2) is 0 Å². The molecule has 3 heteroatoms. The summed E-state index contributed by atoms with van der Waals surface area (Å²) in [5.74, 6) is 0. The molecule has 2 rings (SSSR count). The number of benzene rings is 2. The highest BCUT2D eigenvalue weighted by Crippen LogP contribution is 2.20. The Morgan fingerprint density at radius 3 is 2.05 bits per heavy atom. The van der Waals surface area contributed by atoms with Crippen LogP contribution in [0.2, 0.25) is 0 Å². The molecule has 0 spiro atoms. The molecule has 0 saturated heterocycles. The van der Waals surface area contributed by atoms with Crippen LogP contribution in [0.3, 0.4) is 0 Å². The van der Waals surface area contributed by atoms with Gasteiger partial charge in [-0.15, -0.1) is 0 Å². The van der Waals surface area contributed by atoms with E-state index in [4.69, 9.17) is 5.26 Å². The standard InChI is InChI=1S/C18H15N3/c1-21(2)18-9-5-14(6-10-18)11-17(13-20)16-7-3-15(12-19)4-8-16/h3-11H,1-2H3. The number of allylic oxidation sites excluding steroid dienone is 1. The highest BCUT2D eigenvalue weighted by molar-refractivity contribution is 5.89. The number of hydrogen-bond acceptors (Lipinski definition) is 3. The Hall–Kier alpha value is -3.04. The van der Waals surface area contributed by atoms with Gasteiger partial charge >= 0.3 is 0 Å². The maximum absolute atomic E-state index is 9.32. The summed E-state index contributed by atoms with van der Waals surface area (Å²) in [6.45, 7) is 0. The molecule has 3 nitrogen and oxygen atoms in total. The highest BCUT2D eigenvalue weighted by Gasteiger charge is 2.02. The summed E-state index contributed by atoms with van der Waals surface area (Å²) in [4.78, 5) is 2.03. The summed E-state index contributed by atoms with van der Waals surface area (Å²) < 4.78 is 0. The molecule has 0 heterocycles. The zero-order chi connectivity index (χ0) is 15.2. The van der Waals surface area contributed by atoms with Crippen molar-refractivity contribution in [2.45, 2.75) is 0 Å². The summed E-state index contributed by atoms with van der Waals surface area (Å²) in [6.07, 6.45) is 1.85. The lowest BCUT2D eigenvalue weighted by Crippen LogP contribution is -2.07. The highest BCUT2D eigenvalue weighted by atomic mass is 15.1. The summed E-state index contributed by atoms with van der Waals surface area (Å²) in [6, 6.07) is 19.3. The SMILES string of the molecule is CN(C)c1ccc(C=C(C#N)c2ccc(C#N)cc2)cc1. The number of nitriles is 2. The largest absolute Gasteiger partial charge is 0.378 e. The van der Waals surface area contributed by atoms with Crippen molar-refractivity contribution in [1.29, 1.82) is 10.5 Å². The van der Waals surface area contributed by atoms with Crippen LogP contribution in [0.5, 0.6) is 0 Å². The maximum Gasteiger partial charge on any atom is 0.0998 e. The molecule has 0 aliphatic heterocycles. The second-order valence-corrected chi connectivity index (χ2v) is 4.84. The van der Waals surface area contributed by atoms with E-state index >= 15 is 0 Å². The Morgan fingerprint density at radius 2 is 1.57 bits per heavy atom. The van der Waals surface area contributed by atoms with Crippen molar-refractivity contribution in [2.75, 3.05) is 19.0 Å². The Balaban J connectivity index is 2.32. The lowest BCUT2D eigenvalue weighted by atomic mass is 10.0. The van der Waals surface area contributed by atoms with Crippen molar-refractivity contribution in [3.63, 3.8) is 0 Å². The van der Waals surface area contributed by atoms with Gasteiger partial charge in [-0.2, -0.15) is 10.5 Å². The maximum atomic E-state index is 9.32. The molecule has 2 aromatic carbocycles. The van der Waals surface area contributed by atoms with Gasteiger partial charge in [-0.1, -0.05) is 24.3 Å². The number of hydrogen-bond donors (Lipinski definition) is 0. The molecule has 0 bridgehead atoms. The molecular formula is C18H15N3. The fourth-order valence-corrected chi connectivity index (χ4v) is 1.94. The van der Waals surface area contributed by atoms with Gasteiger partial charge in [0.25, 0.3) is 0 Å². The third-order valence-corrected chi connectivity index (χ3v) is 3.17. The predicted octanol–water partition coefficient (Wildman–Crippen LogP) is 3.69. The van der Waals surface area contributed by atoms with Crippen LogP contribution in [0.15, 0.2) is 48.5 Å². The molecule has 0 N–H and O–H groups in total. The average molecular weight is 273 g/mol. The van der Waals surface area contributed by atoms with Crippen LogP contribution >= 0.6 is 0 Å². The Bertz CT molecular complexity index is 724. The molecule has 2 aromatic rings. The summed E-state index contributed by atoms with van der Waals surface area (Å²) >= 11 is 0. The second kappa shape index (κ2) is 6.41. The van der Waals surface area contributed by atoms with Crippen LogP contribution in [-0.4, -0.2) is 14.1 Å². The zero-order valence-corrected chi connectivity index (χ0v) is 12.0. The smallest absolute Gasteiger partial charge is 0.0998 e. The van der Waals surface area contributed by atoms with E-state index in [1.807, 2.05) is 49.3 Å². The molecule has 0 amide bonds. The average Bonchev–Trinajstić information content (AvgIpc) is 2.53. The molecular weight excluding hydrogens is 258 g/mol. The zero-order valence-electron chi connectivity index (χ0n) is 12.0. The fraction of sp³-hybridized carbons (Fsp3) is 0.111. The molecule has 0 aliphatic carbocycles. The van der Waals surface area contributed by atoms with Crippen molar-refractivity contribution in [1.82, 2.24) is 0 Å². The molecule has 0 saturated carbocycles. The molecule has 0 fully saturated rings. The minimum absolute atomic E-state index is 0.581. The van der Waals surface area contributed by atoms with Crippen LogP contribution in [0, 0.1) is 22.7 Å². The van der Waals surface area contributed by atoms with Crippen LogP contribution in [-0.2, 0) is 0 Å². The third kappa shape index (κ3) is 3.49. The van der Waals surface area contributed by atoms with Crippen LogP contribution < -0.4 is 4.90 Å². The van der Waals surface area contributed by atoms with Crippen molar-refractivity contribution in [3.8, 4) is 12.1 Å². The normalized spacial score (nSPS) is 10.6. The molecule has 0 aliphatic rings. The Kier molecular flexibility index (Phi) is 4.39. The molecule has 0 unspecified atom stereocenters.